The number of hydrogen-bond acceptors (Lipinski definition) is 5. The van der Waals surface area contributed by atoms with Crippen molar-refractivity contribution in [1.82, 2.24) is 0 Å². The van der Waals surface area contributed by atoms with E-state index in [0.29, 0.717) is 30.9 Å². The van der Waals surface area contributed by atoms with Crippen LogP contribution >= 0.6 is 0 Å². The molecule has 5 nitrogen and oxygen atoms in total. The minimum atomic E-state index is -0.449. The van der Waals surface area contributed by atoms with Crippen molar-refractivity contribution >= 4 is 18.0 Å². The Hall–Kier alpha value is -2.92. The fourth-order valence-corrected chi connectivity index (χ4v) is 2.42. The molecular formula is C21H20O5. The first-order valence-corrected chi connectivity index (χ1v) is 8.45. The van der Waals surface area contributed by atoms with Crippen LogP contribution in [-0.4, -0.2) is 31.3 Å². The Balaban J connectivity index is 1.61. The lowest BCUT2D eigenvalue weighted by molar-refractivity contribution is -0.144. The average molecular weight is 352 g/mol. The fourth-order valence-electron chi connectivity index (χ4n) is 2.42. The Labute approximate surface area is 152 Å². The van der Waals surface area contributed by atoms with E-state index in [9.17, 15) is 9.59 Å². The number of carbonyl (C=O) groups excluding carboxylic acids is 2. The molecule has 1 fully saturated rings. The molecule has 0 saturated carbocycles. The highest BCUT2D eigenvalue weighted by molar-refractivity contribution is 5.91. The molecule has 134 valence electrons. The molecule has 0 N–H and O–H groups in total. The summed E-state index contributed by atoms with van der Waals surface area (Å²) in [7, 11) is 0. The summed E-state index contributed by atoms with van der Waals surface area (Å²) >= 11 is 0. The second-order valence-electron chi connectivity index (χ2n) is 5.97. The van der Waals surface area contributed by atoms with E-state index in [-0.39, 0.29) is 18.5 Å². The molecule has 5 heteroatoms. The highest BCUT2D eigenvalue weighted by atomic mass is 16.6. The highest BCUT2D eigenvalue weighted by Gasteiger charge is 2.24. The lowest BCUT2D eigenvalue weighted by atomic mass is 10.1. The molecule has 0 aromatic heterocycles. The molecule has 1 atom stereocenters. The molecule has 3 rings (SSSR count). The zero-order valence-corrected chi connectivity index (χ0v) is 14.4. The van der Waals surface area contributed by atoms with Crippen LogP contribution in [0, 0.1) is 0 Å². The van der Waals surface area contributed by atoms with Crippen molar-refractivity contribution in [3.63, 3.8) is 0 Å². The smallest absolute Gasteiger partial charge is 0.343 e. The molecule has 2 aromatic rings. The van der Waals surface area contributed by atoms with Gasteiger partial charge in [-0.15, -0.1) is 0 Å². The number of ether oxygens (including phenoxy) is 3. The third-order valence-electron chi connectivity index (χ3n) is 3.96. The Morgan fingerprint density at radius 3 is 2.77 bits per heavy atom. The molecule has 1 saturated heterocycles. The minimum Gasteiger partial charge on any atom is -0.463 e. The van der Waals surface area contributed by atoms with Gasteiger partial charge in [0.25, 0.3) is 0 Å². The molecule has 26 heavy (non-hydrogen) atoms. The van der Waals surface area contributed by atoms with Gasteiger partial charge in [-0.1, -0.05) is 43.0 Å². The third-order valence-corrected chi connectivity index (χ3v) is 3.96. The Bertz CT molecular complexity index is 808. The Morgan fingerprint density at radius 1 is 1.19 bits per heavy atom. The number of hydrogen-bond donors (Lipinski definition) is 0. The van der Waals surface area contributed by atoms with Gasteiger partial charge in [-0.05, 0) is 35.7 Å². The van der Waals surface area contributed by atoms with E-state index < -0.39 is 5.97 Å². The minimum absolute atomic E-state index is 0.0542. The normalized spacial score (nSPS) is 15.2. The molecule has 1 unspecified atom stereocenters. The van der Waals surface area contributed by atoms with Crippen LogP contribution in [0.2, 0.25) is 0 Å². The van der Waals surface area contributed by atoms with E-state index in [1.807, 2.05) is 18.2 Å². The number of aryl methyl sites for hydroxylation is 1. The molecule has 1 aliphatic heterocycles. The Kier molecular flexibility index (Phi) is 5.81. The first-order chi connectivity index (χ1) is 12.7. The molecular weight excluding hydrogens is 332 g/mol. The summed E-state index contributed by atoms with van der Waals surface area (Å²) in [6.45, 7) is 4.65. The summed E-state index contributed by atoms with van der Waals surface area (Å²) in [6.07, 6.45) is 2.37. The van der Waals surface area contributed by atoms with Crippen molar-refractivity contribution in [1.29, 1.82) is 0 Å². The zero-order chi connectivity index (χ0) is 18.4. The summed E-state index contributed by atoms with van der Waals surface area (Å²) in [6, 6.07) is 14.2. The van der Waals surface area contributed by atoms with Crippen LogP contribution in [0.5, 0.6) is 5.75 Å². The predicted molar refractivity (Wildman–Crippen MR) is 97.0 cm³/mol. The van der Waals surface area contributed by atoms with Crippen LogP contribution in [0.25, 0.3) is 6.08 Å². The number of rotatable bonds is 8. The molecule has 0 spiro atoms. The lowest BCUT2D eigenvalue weighted by Gasteiger charge is -2.10. The fraction of sp³-hybridized carbons (Fsp3) is 0.238. The van der Waals surface area contributed by atoms with Crippen LogP contribution in [-0.2, 0) is 20.7 Å². The Morgan fingerprint density at radius 2 is 2.00 bits per heavy atom. The summed E-state index contributed by atoms with van der Waals surface area (Å²) in [4.78, 5) is 24.2. The van der Waals surface area contributed by atoms with E-state index in [2.05, 4.69) is 6.58 Å². The summed E-state index contributed by atoms with van der Waals surface area (Å²) in [5, 5.41) is 0. The van der Waals surface area contributed by atoms with Gasteiger partial charge >= 0.3 is 11.9 Å². The number of benzene rings is 2. The standard InChI is InChI=1S/C21H20O5/c1-2-15-6-5-8-17(12-15)21(23)26-19-9-4-3-7-16(19)10-11-20(22)25-14-18-13-24-18/h2-9,12,18H,1,10-11,13-14H2. The van der Waals surface area contributed by atoms with Crippen LogP contribution in [0.3, 0.4) is 0 Å². The van der Waals surface area contributed by atoms with Crippen LogP contribution < -0.4 is 4.74 Å². The summed E-state index contributed by atoms with van der Waals surface area (Å²) in [5.74, 6) is -0.297. The average Bonchev–Trinajstić information content (AvgIpc) is 3.50. The lowest BCUT2D eigenvalue weighted by Crippen LogP contribution is -2.12. The van der Waals surface area contributed by atoms with E-state index in [1.54, 1.807) is 36.4 Å². The van der Waals surface area contributed by atoms with Gasteiger partial charge in [-0.2, -0.15) is 0 Å². The van der Waals surface area contributed by atoms with Crippen molar-refractivity contribution in [2.24, 2.45) is 0 Å². The van der Waals surface area contributed by atoms with Crippen molar-refractivity contribution in [2.75, 3.05) is 13.2 Å². The number of carbonyl (C=O) groups is 2. The van der Waals surface area contributed by atoms with Crippen molar-refractivity contribution in [2.45, 2.75) is 18.9 Å². The van der Waals surface area contributed by atoms with Gasteiger partial charge in [0.05, 0.1) is 12.2 Å². The number of para-hydroxylation sites is 1. The van der Waals surface area contributed by atoms with E-state index >= 15 is 0 Å². The third kappa shape index (κ3) is 5.04. The molecule has 1 heterocycles. The first-order valence-electron chi connectivity index (χ1n) is 8.45. The highest BCUT2D eigenvalue weighted by Crippen LogP contribution is 2.21. The summed E-state index contributed by atoms with van der Waals surface area (Å²) in [5.41, 5.74) is 2.07. The topological polar surface area (TPSA) is 65.1 Å². The molecule has 0 aliphatic carbocycles. The monoisotopic (exact) mass is 352 g/mol. The van der Waals surface area contributed by atoms with Gasteiger partial charge < -0.3 is 14.2 Å². The molecule has 1 aliphatic rings. The van der Waals surface area contributed by atoms with E-state index in [4.69, 9.17) is 14.2 Å². The zero-order valence-electron chi connectivity index (χ0n) is 14.4. The van der Waals surface area contributed by atoms with Crippen molar-refractivity contribution < 1.29 is 23.8 Å². The van der Waals surface area contributed by atoms with Gasteiger partial charge in [0.1, 0.15) is 18.5 Å². The largest absolute Gasteiger partial charge is 0.463 e. The molecule has 2 aromatic carbocycles. The van der Waals surface area contributed by atoms with Crippen molar-refractivity contribution in [3.05, 3.63) is 71.8 Å². The second kappa shape index (κ2) is 8.45. The maximum atomic E-state index is 12.4. The van der Waals surface area contributed by atoms with Gasteiger partial charge in [-0.25, -0.2) is 4.79 Å². The van der Waals surface area contributed by atoms with Crippen LogP contribution in [0.15, 0.2) is 55.1 Å². The maximum Gasteiger partial charge on any atom is 0.343 e. The van der Waals surface area contributed by atoms with Crippen LogP contribution in [0.4, 0.5) is 0 Å². The second-order valence-corrected chi connectivity index (χ2v) is 5.97. The van der Waals surface area contributed by atoms with Crippen molar-refractivity contribution in [3.8, 4) is 5.75 Å². The predicted octanol–water partition coefficient (Wildman–Crippen LogP) is 3.42. The molecule has 0 amide bonds. The van der Waals surface area contributed by atoms with Crippen LogP contribution in [0.1, 0.15) is 27.9 Å². The van der Waals surface area contributed by atoms with E-state index in [0.717, 1.165) is 11.1 Å². The maximum absolute atomic E-state index is 12.4. The molecule has 0 radical (unpaired) electrons. The molecule has 0 bridgehead atoms. The van der Waals surface area contributed by atoms with Gasteiger partial charge in [0.15, 0.2) is 0 Å². The first kappa shape index (κ1) is 17.9. The SMILES string of the molecule is C=Cc1cccc(C(=O)Oc2ccccc2CCC(=O)OCC2CO2)c1. The van der Waals surface area contributed by atoms with E-state index in [1.165, 1.54) is 0 Å². The van der Waals surface area contributed by atoms with Gasteiger partial charge in [0.2, 0.25) is 0 Å². The number of esters is 2. The summed E-state index contributed by atoms with van der Waals surface area (Å²) < 4.78 is 15.7. The quantitative estimate of drug-likeness (QED) is 0.414. The van der Waals surface area contributed by atoms with Gasteiger partial charge in [0, 0.05) is 6.42 Å². The van der Waals surface area contributed by atoms with Gasteiger partial charge in [-0.3, -0.25) is 4.79 Å². The number of epoxide rings is 1.